The molecule has 84 valence electrons. The van der Waals surface area contributed by atoms with Crippen molar-refractivity contribution in [1.29, 1.82) is 0 Å². The third-order valence-electron chi connectivity index (χ3n) is 1.58. The van der Waals surface area contributed by atoms with Crippen LogP contribution in [0.5, 0.6) is 0 Å². The lowest BCUT2D eigenvalue weighted by Crippen LogP contribution is -2.14. The molecule has 8 heteroatoms. The number of carboxylic acid groups (broad SMARTS) is 1. The summed E-state index contributed by atoms with van der Waals surface area (Å²) in [5, 5.41) is 12.1. The number of rotatable bonds is 5. The maximum atomic E-state index is 11.1. The Bertz CT molecular complexity index is 451. The van der Waals surface area contributed by atoms with Crippen LogP contribution in [0.1, 0.15) is 6.92 Å². The Morgan fingerprint density at radius 1 is 1.67 bits per heavy atom. The van der Waals surface area contributed by atoms with Crippen LogP contribution >= 0.6 is 0 Å². The number of hydrogen-bond donors (Lipinski definition) is 2. The number of sulfonamides is 1. The van der Waals surface area contributed by atoms with E-state index in [1.807, 2.05) is 0 Å². The van der Waals surface area contributed by atoms with Crippen molar-refractivity contribution < 1.29 is 18.3 Å². The van der Waals surface area contributed by atoms with Crippen LogP contribution in [0.3, 0.4) is 0 Å². The van der Waals surface area contributed by atoms with Crippen molar-refractivity contribution in [3.05, 3.63) is 12.4 Å². The third kappa shape index (κ3) is 3.58. The molecule has 2 N–H and O–H groups in total. The molecule has 0 saturated heterocycles. The highest BCUT2D eigenvalue weighted by molar-refractivity contribution is 7.92. The lowest BCUT2D eigenvalue weighted by atomic mass is 10.6. The number of nitrogens with one attached hydrogen (secondary N) is 1. The Labute approximate surface area is 86.8 Å². The highest BCUT2D eigenvalue weighted by Gasteiger charge is 2.09. The van der Waals surface area contributed by atoms with E-state index < -0.39 is 16.0 Å². The van der Waals surface area contributed by atoms with Gasteiger partial charge in [-0.2, -0.15) is 5.10 Å². The number of nitrogens with zero attached hydrogens (tertiary/aromatic N) is 2. The van der Waals surface area contributed by atoms with Crippen molar-refractivity contribution in [2.24, 2.45) is 0 Å². The first kappa shape index (κ1) is 11.5. The molecule has 0 amide bonds. The summed E-state index contributed by atoms with van der Waals surface area (Å²) in [6.45, 7) is 1.21. The van der Waals surface area contributed by atoms with Crippen molar-refractivity contribution in [3.8, 4) is 0 Å². The molecule has 0 aliphatic carbocycles. The smallest absolute Gasteiger partial charge is 0.325 e. The molecular weight excluding hydrogens is 222 g/mol. The van der Waals surface area contributed by atoms with Crippen LogP contribution in [-0.4, -0.2) is 35.0 Å². The Balaban J connectivity index is 2.73. The van der Waals surface area contributed by atoms with E-state index in [1.165, 1.54) is 19.3 Å². The minimum Gasteiger partial charge on any atom is -0.480 e. The molecule has 0 unspecified atom stereocenters. The molecule has 0 aliphatic heterocycles. The monoisotopic (exact) mass is 233 g/mol. The van der Waals surface area contributed by atoms with Crippen LogP contribution in [-0.2, 0) is 21.4 Å². The quantitative estimate of drug-likeness (QED) is 0.729. The van der Waals surface area contributed by atoms with Gasteiger partial charge >= 0.3 is 5.97 Å². The molecule has 1 heterocycles. The first-order chi connectivity index (χ1) is 6.93. The van der Waals surface area contributed by atoms with Gasteiger partial charge in [0.05, 0.1) is 17.6 Å². The Hall–Kier alpha value is -1.57. The van der Waals surface area contributed by atoms with Crippen LogP contribution in [0.15, 0.2) is 12.4 Å². The van der Waals surface area contributed by atoms with Crippen LogP contribution in [0, 0.1) is 0 Å². The van der Waals surface area contributed by atoms with E-state index >= 15 is 0 Å². The number of anilines is 1. The zero-order chi connectivity index (χ0) is 11.5. The summed E-state index contributed by atoms with van der Waals surface area (Å²) in [5.41, 5.74) is 0.262. The second kappa shape index (κ2) is 4.30. The fourth-order valence-electron chi connectivity index (χ4n) is 0.893. The molecule has 0 aromatic carbocycles. The van der Waals surface area contributed by atoms with Gasteiger partial charge in [0.25, 0.3) is 0 Å². The van der Waals surface area contributed by atoms with Gasteiger partial charge < -0.3 is 5.11 Å². The van der Waals surface area contributed by atoms with E-state index in [1.54, 1.807) is 0 Å². The largest absolute Gasteiger partial charge is 0.480 e. The number of carboxylic acids is 1. The van der Waals surface area contributed by atoms with E-state index in [0.29, 0.717) is 0 Å². The van der Waals surface area contributed by atoms with Gasteiger partial charge in [-0.25, -0.2) is 8.42 Å². The van der Waals surface area contributed by atoms with Gasteiger partial charge in [0.1, 0.15) is 6.54 Å². The molecule has 1 rings (SSSR count). The SMILES string of the molecule is CCS(=O)(=O)Nc1cnn(CC(=O)O)c1. The van der Waals surface area contributed by atoms with Crippen molar-refractivity contribution in [3.63, 3.8) is 0 Å². The first-order valence-electron chi connectivity index (χ1n) is 4.17. The molecule has 0 bridgehead atoms. The Morgan fingerprint density at radius 2 is 2.33 bits per heavy atom. The first-order valence-corrected chi connectivity index (χ1v) is 5.83. The van der Waals surface area contributed by atoms with Gasteiger partial charge in [0.15, 0.2) is 0 Å². The number of aliphatic carboxylic acids is 1. The Morgan fingerprint density at radius 3 is 2.87 bits per heavy atom. The lowest BCUT2D eigenvalue weighted by Gasteiger charge is -2.01. The molecule has 1 aromatic rings. The summed E-state index contributed by atoms with van der Waals surface area (Å²) in [7, 11) is -3.34. The lowest BCUT2D eigenvalue weighted by molar-refractivity contribution is -0.137. The van der Waals surface area contributed by atoms with Gasteiger partial charge in [0, 0.05) is 6.20 Å². The fourth-order valence-corrected chi connectivity index (χ4v) is 1.50. The van der Waals surface area contributed by atoms with Crippen LogP contribution in [0.25, 0.3) is 0 Å². The number of hydrogen-bond acceptors (Lipinski definition) is 4. The van der Waals surface area contributed by atoms with Gasteiger partial charge in [-0.05, 0) is 6.92 Å². The zero-order valence-corrected chi connectivity index (χ0v) is 8.86. The number of aromatic nitrogens is 2. The van der Waals surface area contributed by atoms with E-state index in [9.17, 15) is 13.2 Å². The highest BCUT2D eigenvalue weighted by Crippen LogP contribution is 2.07. The zero-order valence-electron chi connectivity index (χ0n) is 8.04. The van der Waals surface area contributed by atoms with E-state index in [2.05, 4.69) is 9.82 Å². The molecule has 0 radical (unpaired) electrons. The van der Waals surface area contributed by atoms with Gasteiger partial charge in [-0.3, -0.25) is 14.2 Å². The highest BCUT2D eigenvalue weighted by atomic mass is 32.2. The second-order valence-electron chi connectivity index (χ2n) is 2.83. The minimum atomic E-state index is -3.34. The summed E-state index contributed by atoms with van der Waals surface area (Å²) in [4.78, 5) is 10.3. The topological polar surface area (TPSA) is 101 Å². The number of carbonyl (C=O) groups is 1. The summed E-state index contributed by atoms with van der Waals surface area (Å²) in [5.74, 6) is -1.08. The predicted octanol–water partition coefficient (Wildman–Crippen LogP) is -0.271. The molecule has 0 spiro atoms. The second-order valence-corrected chi connectivity index (χ2v) is 4.84. The van der Waals surface area contributed by atoms with Crippen LogP contribution in [0.4, 0.5) is 5.69 Å². The molecule has 0 aliphatic rings. The summed E-state index contributed by atoms with van der Waals surface area (Å²) in [6, 6.07) is 0. The van der Waals surface area contributed by atoms with Gasteiger partial charge in [-0.1, -0.05) is 0 Å². The average molecular weight is 233 g/mol. The maximum Gasteiger partial charge on any atom is 0.325 e. The minimum absolute atomic E-state index is 0.0445. The molecule has 0 fully saturated rings. The van der Waals surface area contributed by atoms with Crippen molar-refractivity contribution in [2.45, 2.75) is 13.5 Å². The molecule has 1 aromatic heterocycles. The van der Waals surface area contributed by atoms with E-state index in [4.69, 9.17) is 5.11 Å². The Kier molecular flexibility index (Phi) is 3.30. The van der Waals surface area contributed by atoms with Crippen molar-refractivity contribution in [1.82, 2.24) is 9.78 Å². The summed E-state index contributed by atoms with van der Waals surface area (Å²) < 4.78 is 25.7. The van der Waals surface area contributed by atoms with Crippen LogP contribution in [0.2, 0.25) is 0 Å². The van der Waals surface area contributed by atoms with E-state index in [-0.39, 0.29) is 18.0 Å². The van der Waals surface area contributed by atoms with Gasteiger partial charge in [0.2, 0.25) is 10.0 Å². The summed E-state index contributed by atoms with van der Waals surface area (Å²) >= 11 is 0. The predicted molar refractivity (Wildman–Crippen MR) is 52.9 cm³/mol. The average Bonchev–Trinajstić information content (AvgIpc) is 2.50. The maximum absolute atomic E-state index is 11.1. The van der Waals surface area contributed by atoms with E-state index in [0.717, 1.165) is 4.68 Å². The van der Waals surface area contributed by atoms with Crippen molar-refractivity contribution >= 4 is 21.7 Å². The molecule has 7 nitrogen and oxygen atoms in total. The fraction of sp³-hybridized carbons (Fsp3) is 0.429. The molecule has 15 heavy (non-hydrogen) atoms. The van der Waals surface area contributed by atoms with Gasteiger partial charge in [-0.15, -0.1) is 0 Å². The normalized spacial score (nSPS) is 11.3. The van der Waals surface area contributed by atoms with Crippen LogP contribution < -0.4 is 4.72 Å². The van der Waals surface area contributed by atoms with Crippen molar-refractivity contribution in [2.75, 3.05) is 10.5 Å². The molecule has 0 saturated carbocycles. The molecule has 0 atom stereocenters. The molecular formula is C7H11N3O4S. The summed E-state index contributed by atoms with van der Waals surface area (Å²) in [6.07, 6.45) is 2.58. The standard InChI is InChI=1S/C7H11N3O4S/c1-2-15(13,14)9-6-3-8-10(4-6)5-7(11)12/h3-4,9H,2,5H2,1H3,(H,11,12). The third-order valence-corrected chi connectivity index (χ3v) is 2.89.